The highest BCUT2D eigenvalue weighted by Gasteiger charge is 2.16. The number of ether oxygens (including phenoxy) is 1. The highest BCUT2D eigenvalue weighted by atomic mass is 32.2. The quantitative estimate of drug-likeness (QED) is 0.871. The van der Waals surface area contributed by atoms with Crippen LogP contribution in [0.3, 0.4) is 0 Å². The zero-order valence-electron chi connectivity index (χ0n) is 11.8. The molecule has 0 saturated heterocycles. The van der Waals surface area contributed by atoms with E-state index in [1.165, 1.54) is 11.8 Å². The van der Waals surface area contributed by atoms with Crippen LogP contribution in [0.15, 0.2) is 24.3 Å². The standard InChI is InChI=1S/C14H19NO4S/c1-14(2,3)19-13(18)15-11-6-4-5-10(7-11)8-20-9-12(16)17/h4-7H,8-9H2,1-3H3,(H,15,18)(H,16,17). The summed E-state index contributed by atoms with van der Waals surface area (Å²) in [5.41, 5.74) is 1.04. The molecule has 0 bridgehead atoms. The van der Waals surface area contributed by atoms with Gasteiger partial charge in [-0.05, 0) is 38.5 Å². The fourth-order valence-electron chi connectivity index (χ4n) is 1.42. The van der Waals surface area contributed by atoms with Gasteiger partial charge in [0.05, 0.1) is 5.75 Å². The monoisotopic (exact) mass is 297 g/mol. The lowest BCUT2D eigenvalue weighted by atomic mass is 10.2. The second-order valence-corrected chi connectivity index (χ2v) is 6.20. The molecule has 0 aliphatic heterocycles. The van der Waals surface area contributed by atoms with Crippen molar-refractivity contribution < 1.29 is 19.4 Å². The van der Waals surface area contributed by atoms with Crippen molar-refractivity contribution in [2.45, 2.75) is 32.1 Å². The fraction of sp³-hybridized carbons (Fsp3) is 0.429. The van der Waals surface area contributed by atoms with E-state index in [2.05, 4.69) is 5.32 Å². The normalized spacial score (nSPS) is 10.9. The number of hydrogen-bond donors (Lipinski definition) is 2. The summed E-state index contributed by atoms with van der Waals surface area (Å²) in [5, 5.41) is 11.2. The van der Waals surface area contributed by atoms with E-state index in [4.69, 9.17) is 9.84 Å². The van der Waals surface area contributed by atoms with Gasteiger partial charge in [0.2, 0.25) is 0 Å². The first-order valence-corrected chi connectivity index (χ1v) is 7.30. The van der Waals surface area contributed by atoms with E-state index in [0.717, 1.165) is 5.56 Å². The van der Waals surface area contributed by atoms with Gasteiger partial charge in [-0.1, -0.05) is 12.1 Å². The number of benzene rings is 1. The first-order valence-electron chi connectivity index (χ1n) is 6.15. The summed E-state index contributed by atoms with van der Waals surface area (Å²) in [4.78, 5) is 22.1. The third kappa shape index (κ3) is 7.04. The Hall–Kier alpha value is -1.69. The Morgan fingerprint density at radius 1 is 1.35 bits per heavy atom. The van der Waals surface area contributed by atoms with E-state index in [9.17, 15) is 9.59 Å². The molecule has 0 heterocycles. The highest BCUT2D eigenvalue weighted by molar-refractivity contribution is 7.99. The largest absolute Gasteiger partial charge is 0.481 e. The molecule has 1 rings (SSSR count). The second kappa shape index (κ2) is 7.19. The Kier molecular flexibility index (Phi) is 5.88. The van der Waals surface area contributed by atoms with Gasteiger partial charge in [-0.3, -0.25) is 10.1 Å². The number of aliphatic carboxylic acids is 1. The Labute approximate surface area is 122 Å². The fourth-order valence-corrected chi connectivity index (χ4v) is 2.11. The van der Waals surface area contributed by atoms with E-state index in [0.29, 0.717) is 11.4 Å². The third-order valence-corrected chi connectivity index (χ3v) is 3.06. The molecule has 0 fully saturated rings. The van der Waals surface area contributed by atoms with Crippen molar-refractivity contribution in [1.29, 1.82) is 0 Å². The Morgan fingerprint density at radius 3 is 2.65 bits per heavy atom. The molecule has 0 unspecified atom stereocenters. The van der Waals surface area contributed by atoms with Gasteiger partial charge < -0.3 is 9.84 Å². The summed E-state index contributed by atoms with van der Waals surface area (Å²) in [6, 6.07) is 7.26. The third-order valence-electron chi connectivity index (χ3n) is 2.07. The minimum atomic E-state index is -0.835. The molecule has 0 spiro atoms. The smallest absolute Gasteiger partial charge is 0.412 e. The van der Waals surface area contributed by atoms with Crippen LogP contribution < -0.4 is 5.32 Å². The molecule has 0 atom stereocenters. The molecule has 0 saturated carbocycles. The van der Waals surface area contributed by atoms with E-state index in [1.54, 1.807) is 32.9 Å². The Morgan fingerprint density at radius 2 is 2.05 bits per heavy atom. The number of amides is 1. The predicted molar refractivity (Wildman–Crippen MR) is 80.1 cm³/mol. The first kappa shape index (κ1) is 16.4. The maximum Gasteiger partial charge on any atom is 0.412 e. The summed E-state index contributed by atoms with van der Waals surface area (Å²) < 4.78 is 5.16. The SMILES string of the molecule is CC(C)(C)OC(=O)Nc1cccc(CSCC(=O)O)c1. The van der Waals surface area contributed by atoms with Crippen molar-refractivity contribution >= 4 is 29.5 Å². The lowest BCUT2D eigenvalue weighted by Crippen LogP contribution is -2.27. The Balaban J connectivity index is 2.55. The lowest BCUT2D eigenvalue weighted by molar-refractivity contribution is -0.133. The number of hydrogen-bond acceptors (Lipinski definition) is 4. The summed E-state index contributed by atoms with van der Waals surface area (Å²) in [6.07, 6.45) is -0.507. The van der Waals surface area contributed by atoms with Crippen LogP contribution >= 0.6 is 11.8 Å². The van der Waals surface area contributed by atoms with E-state index < -0.39 is 17.7 Å². The zero-order valence-corrected chi connectivity index (χ0v) is 12.6. The number of anilines is 1. The second-order valence-electron chi connectivity index (χ2n) is 5.21. The first-order chi connectivity index (χ1) is 9.26. The van der Waals surface area contributed by atoms with Crippen LogP contribution in [0.4, 0.5) is 10.5 Å². The molecular formula is C14H19NO4S. The molecule has 0 aromatic heterocycles. The van der Waals surface area contributed by atoms with Gasteiger partial charge in [-0.15, -0.1) is 11.8 Å². The molecular weight excluding hydrogens is 278 g/mol. The number of rotatable bonds is 5. The van der Waals surface area contributed by atoms with E-state index in [1.807, 2.05) is 12.1 Å². The van der Waals surface area contributed by atoms with Crippen LogP contribution in [0.1, 0.15) is 26.3 Å². The van der Waals surface area contributed by atoms with Crippen molar-refractivity contribution in [3.63, 3.8) is 0 Å². The van der Waals surface area contributed by atoms with Gasteiger partial charge in [0, 0.05) is 11.4 Å². The molecule has 0 radical (unpaired) electrons. The van der Waals surface area contributed by atoms with Crippen molar-refractivity contribution in [2.24, 2.45) is 0 Å². The van der Waals surface area contributed by atoms with Crippen molar-refractivity contribution in [3.8, 4) is 0 Å². The minimum absolute atomic E-state index is 0.0592. The molecule has 110 valence electrons. The minimum Gasteiger partial charge on any atom is -0.481 e. The number of carboxylic acids is 1. The molecule has 1 amide bonds. The topological polar surface area (TPSA) is 75.6 Å². The maximum absolute atomic E-state index is 11.6. The number of carbonyl (C=O) groups excluding carboxylic acids is 1. The van der Waals surface area contributed by atoms with Gasteiger partial charge in [-0.25, -0.2) is 4.79 Å². The van der Waals surface area contributed by atoms with Crippen molar-refractivity contribution in [3.05, 3.63) is 29.8 Å². The van der Waals surface area contributed by atoms with Crippen molar-refractivity contribution in [2.75, 3.05) is 11.1 Å². The average Bonchev–Trinajstić information content (AvgIpc) is 2.26. The molecule has 0 aliphatic rings. The molecule has 0 aliphatic carbocycles. The number of carboxylic acid groups (broad SMARTS) is 1. The van der Waals surface area contributed by atoms with Crippen LogP contribution in [0, 0.1) is 0 Å². The molecule has 6 heteroatoms. The van der Waals surface area contributed by atoms with E-state index >= 15 is 0 Å². The van der Waals surface area contributed by atoms with Crippen LogP contribution in [0.2, 0.25) is 0 Å². The predicted octanol–water partition coefficient (Wildman–Crippen LogP) is 3.35. The molecule has 5 nitrogen and oxygen atoms in total. The summed E-state index contributed by atoms with van der Waals surface area (Å²) >= 11 is 1.31. The molecule has 2 N–H and O–H groups in total. The van der Waals surface area contributed by atoms with Crippen molar-refractivity contribution in [1.82, 2.24) is 0 Å². The van der Waals surface area contributed by atoms with Gasteiger partial charge in [-0.2, -0.15) is 0 Å². The average molecular weight is 297 g/mol. The van der Waals surface area contributed by atoms with Gasteiger partial charge in [0.15, 0.2) is 0 Å². The summed E-state index contributed by atoms with van der Waals surface area (Å²) in [6.45, 7) is 5.39. The zero-order chi connectivity index (χ0) is 15.2. The molecule has 1 aromatic rings. The van der Waals surface area contributed by atoms with Gasteiger partial charge in [0.25, 0.3) is 0 Å². The van der Waals surface area contributed by atoms with E-state index in [-0.39, 0.29) is 5.75 Å². The Bertz CT molecular complexity index is 482. The number of nitrogens with one attached hydrogen (secondary N) is 1. The lowest BCUT2D eigenvalue weighted by Gasteiger charge is -2.19. The van der Waals surface area contributed by atoms with Crippen LogP contribution in [0.5, 0.6) is 0 Å². The molecule has 1 aromatic carbocycles. The van der Waals surface area contributed by atoms with Gasteiger partial charge in [0.1, 0.15) is 5.60 Å². The van der Waals surface area contributed by atoms with Crippen LogP contribution in [-0.2, 0) is 15.3 Å². The van der Waals surface area contributed by atoms with Crippen LogP contribution in [0.25, 0.3) is 0 Å². The number of carbonyl (C=O) groups is 2. The molecule has 20 heavy (non-hydrogen) atoms. The summed E-state index contributed by atoms with van der Waals surface area (Å²) in [5.74, 6) is -0.196. The number of thioether (sulfide) groups is 1. The van der Waals surface area contributed by atoms with Crippen LogP contribution in [-0.4, -0.2) is 28.5 Å². The summed E-state index contributed by atoms with van der Waals surface area (Å²) in [7, 11) is 0. The highest BCUT2D eigenvalue weighted by Crippen LogP contribution is 2.17. The maximum atomic E-state index is 11.6. The van der Waals surface area contributed by atoms with Gasteiger partial charge >= 0.3 is 12.1 Å².